The summed E-state index contributed by atoms with van der Waals surface area (Å²) in [6.07, 6.45) is 5.89. The molecule has 3 aromatic carbocycles. The van der Waals surface area contributed by atoms with Crippen LogP contribution in [0, 0.1) is 5.92 Å². The Morgan fingerprint density at radius 1 is 0.949 bits per heavy atom. The van der Waals surface area contributed by atoms with Crippen molar-refractivity contribution in [1.82, 2.24) is 24.5 Å². The first-order chi connectivity index (χ1) is 28.5. The number of rotatable bonds is 16. The van der Waals surface area contributed by atoms with E-state index in [0.717, 1.165) is 22.6 Å². The number of carbonyl (C=O) groups is 4. The van der Waals surface area contributed by atoms with Crippen LogP contribution in [0.1, 0.15) is 61.1 Å². The molecule has 1 saturated heterocycles. The number of likely N-dealkylation sites (tertiary alicyclic amines) is 1. The van der Waals surface area contributed by atoms with E-state index in [4.69, 9.17) is 14.2 Å². The van der Waals surface area contributed by atoms with Crippen LogP contribution in [0.3, 0.4) is 0 Å². The summed E-state index contributed by atoms with van der Waals surface area (Å²) in [4.78, 5) is 60.4. The van der Waals surface area contributed by atoms with Gasteiger partial charge in [-0.3, -0.25) is 24.2 Å². The first kappa shape index (κ1) is 41.4. The summed E-state index contributed by atoms with van der Waals surface area (Å²) in [7, 11) is -2.72. The number of esters is 1. The molecule has 0 saturated carbocycles. The Kier molecular flexibility index (Phi) is 13.0. The SMILES string of the molecule is COC(=O)CCCCCOC[C@H]1CC(C(=O)N[C@H](C)c2cc3cnccc3n2S(=O)(=O)c2ccccc2)N(C(=O)CNC(=O)c2ccc3c(c2)Oc2ccccc2S3)C1. The lowest BCUT2D eigenvalue weighted by molar-refractivity contribution is -0.140. The Labute approximate surface area is 346 Å². The van der Waals surface area contributed by atoms with Crippen molar-refractivity contribution >= 4 is 56.4 Å². The Bertz CT molecular complexity index is 2460. The lowest BCUT2D eigenvalue weighted by atomic mass is 10.1. The Morgan fingerprint density at radius 2 is 1.73 bits per heavy atom. The fraction of sp³-hybridized carbons (Fsp3) is 0.326. The second-order valence-corrected chi connectivity index (χ2v) is 17.3. The van der Waals surface area contributed by atoms with Crippen LogP contribution in [0.5, 0.6) is 11.5 Å². The van der Waals surface area contributed by atoms with Crippen LogP contribution >= 0.6 is 11.8 Å². The van der Waals surface area contributed by atoms with Gasteiger partial charge in [-0.25, -0.2) is 12.4 Å². The second-order valence-electron chi connectivity index (χ2n) is 14.4. The molecule has 16 heteroatoms. The van der Waals surface area contributed by atoms with Crippen LogP contribution in [0.15, 0.2) is 112 Å². The van der Waals surface area contributed by atoms with E-state index in [1.165, 1.54) is 34.3 Å². The van der Waals surface area contributed by atoms with Crippen LogP contribution in [0.25, 0.3) is 10.9 Å². The van der Waals surface area contributed by atoms with E-state index in [9.17, 15) is 27.6 Å². The summed E-state index contributed by atoms with van der Waals surface area (Å²) in [5.41, 5.74) is 1.04. The third-order valence-corrected chi connectivity index (χ3v) is 13.2. The van der Waals surface area contributed by atoms with E-state index >= 15 is 0 Å². The molecule has 59 heavy (non-hydrogen) atoms. The molecular weight excluding hydrogens is 795 g/mol. The molecule has 2 aliphatic heterocycles. The van der Waals surface area contributed by atoms with Gasteiger partial charge in [0.2, 0.25) is 11.8 Å². The van der Waals surface area contributed by atoms with E-state index < -0.39 is 39.8 Å². The van der Waals surface area contributed by atoms with Crippen molar-refractivity contribution in [2.45, 2.75) is 65.8 Å². The van der Waals surface area contributed by atoms with Gasteiger partial charge in [0.25, 0.3) is 15.9 Å². The van der Waals surface area contributed by atoms with Crippen LogP contribution in [0.2, 0.25) is 0 Å². The van der Waals surface area contributed by atoms with E-state index in [1.807, 2.05) is 24.3 Å². The molecule has 2 aromatic heterocycles. The third kappa shape index (κ3) is 9.45. The van der Waals surface area contributed by atoms with E-state index in [0.29, 0.717) is 59.7 Å². The number of carbonyl (C=O) groups excluding carboxylic acids is 4. The molecule has 0 spiro atoms. The smallest absolute Gasteiger partial charge is 0.305 e. The number of para-hydroxylation sites is 1. The first-order valence-electron chi connectivity index (χ1n) is 19.4. The van der Waals surface area contributed by atoms with Gasteiger partial charge in [-0.05, 0) is 80.8 Å². The largest absolute Gasteiger partial charge is 0.469 e. The number of hydrogen-bond donors (Lipinski definition) is 2. The highest BCUT2D eigenvalue weighted by molar-refractivity contribution is 7.99. The van der Waals surface area contributed by atoms with Crippen molar-refractivity contribution in [2.75, 3.05) is 33.4 Å². The molecule has 1 fully saturated rings. The highest BCUT2D eigenvalue weighted by Crippen LogP contribution is 2.47. The highest BCUT2D eigenvalue weighted by atomic mass is 32.2. The number of benzene rings is 3. The number of unbranched alkanes of at least 4 members (excludes halogenated alkanes) is 2. The summed E-state index contributed by atoms with van der Waals surface area (Å²) < 4.78 is 46.0. The minimum Gasteiger partial charge on any atom is -0.469 e. The van der Waals surface area contributed by atoms with Gasteiger partial charge in [0.15, 0.2) is 0 Å². The van der Waals surface area contributed by atoms with E-state index in [1.54, 1.807) is 73.4 Å². The van der Waals surface area contributed by atoms with Crippen LogP contribution in [-0.4, -0.2) is 85.4 Å². The number of aromatic nitrogens is 2. The van der Waals surface area contributed by atoms with Crippen LogP contribution in [-0.2, 0) is 33.9 Å². The minimum atomic E-state index is -4.08. The molecule has 7 rings (SSSR count). The summed E-state index contributed by atoms with van der Waals surface area (Å²) in [5, 5.41) is 6.27. The van der Waals surface area contributed by atoms with Crippen molar-refractivity contribution in [1.29, 1.82) is 0 Å². The van der Waals surface area contributed by atoms with Gasteiger partial charge in [0, 0.05) is 48.8 Å². The molecule has 3 atom stereocenters. The number of nitrogens with zero attached hydrogens (tertiary/aromatic N) is 3. The fourth-order valence-electron chi connectivity index (χ4n) is 7.30. The molecule has 2 N–H and O–H groups in total. The standard InChI is InChI=1S/C43H45N5O9S2/c1-28(34-22-31-24-44-19-18-33(31)48(34)59(53,54)32-11-5-3-6-12-32)46-43(52)35-21-29(27-56-20-10-4-7-15-41(50)55-2)26-47(35)40(49)25-45-42(51)30-16-17-39-37(23-30)57-36-13-8-9-14-38(36)58-39/h3,5-6,8-9,11-14,16-19,22-24,28-29,35H,4,7,10,15,20-21,25-27H2,1-2H3,(H,45,51)(H,46,52)/t28-,29+,35?/m1/s1. The summed E-state index contributed by atoms with van der Waals surface area (Å²) >= 11 is 1.54. The Morgan fingerprint density at radius 3 is 2.54 bits per heavy atom. The molecule has 0 bridgehead atoms. The van der Waals surface area contributed by atoms with Gasteiger partial charge in [-0.1, -0.05) is 48.5 Å². The van der Waals surface area contributed by atoms with Gasteiger partial charge in [-0.15, -0.1) is 0 Å². The van der Waals surface area contributed by atoms with Crippen molar-refractivity contribution in [2.24, 2.45) is 5.92 Å². The maximum absolute atomic E-state index is 14.2. The third-order valence-electron chi connectivity index (χ3n) is 10.3. The number of pyridine rings is 1. The minimum absolute atomic E-state index is 0.0853. The molecule has 1 unspecified atom stereocenters. The zero-order valence-electron chi connectivity index (χ0n) is 32.7. The maximum atomic E-state index is 14.2. The number of ether oxygens (including phenoxy) is 3. The number of amides is 3. The normalized spacial score (nSPS) is 16.4. The Hall–Kier alpha value is -5.71. The van der Waals surface area contributed by atoms with Crippen molar-refractivity contribution in [3.63, 3.8) is 0 Å². The average Bonchev–Trinajstić information content (AvgIpc) is 3.87. The topological polar surface area (TPSA) is 175 Å². The van der Waals surface area contributed by atoms with Gasteiger partial charge >= 0.3 is 5.97 Å². The van der Waals surface area contributed by atoms with Crippen LogP contribution < -0.4 is 15.4 Å². The zero-order valence-corrected chi connectivity index (χ0v) is 34.3. The first-order valence-corrected chi connectivity index (χ1v) is 21.7. The number of hydrogen-bond acceptors (Lipinski definition) is 11. The lowest BCUT2D eigenvalue weighted by Gasteiger charge is -2.26. The van der Waals surface area contributed by atoms with Gasteiger partial charge in [0.05, 0.1) is 52.2 Å². The molecule has 5 aromatic rings. The van der Waals surface area contributed by atoms with Crippen molar-refractivity contribution < 1.29 is 41.8 Å². The summed E-state index contributed by atoms with van der Waals surface area (Å²) in [5.74, 6) is -0.618. The highest BCUT2D eigenvalue weighted by Gasteiger charge is 2.40. The second kappa shape index (κ2) is 18.5. The van der Waals surface area contributed by atoms with Gasteiger partial charge in [0.1, 0.15) is 17.5 Å². The summed E-state index contributed by atoms with van der Waals surface area (Å²) in [6, 6.07) is 22.4. The molecule has 2 aliphatic rings. The molecular formula is C43H45N5O9S2. The van der Waals surface area contributed by atoms with Gasteiger partial charge in [-0.2, -0.15) is 0 Å². The molecule has 0 radical (unpaired) electrons. The lowest BCUT2D eigenvalue weighted by Crippen LogP contribution is -2.49. The average molecular weight is 840 g/mol. The predicted molar refractivity (Wildman–Crippen MR) is 220 cm³/mol. The van der Waals surface area contributed by atoms with E-state index in [2.05, 4.69) is 15.6 Å². The fourth-order valence-corrected chi connectivity index (χ4v) is 9.86. The monoisotopic (exact) mass is 839 g/mol. The van der Waals surface area contributed by atoms with Crippen molar-refractivity contribution in [3.05, 3.63) is 109 Å². The quantitative estimate of drug-likeness (QED) is 0.0851. The predicted octanol–water partition coefficient (Wildman–Crippen LogP) is 6.10. The maximum Gasteiger partial charge on any atom is 0.305 e. The molecule has 3 amide bonds. The number of methoxy groups -OCH3 is 1. The van der Waals surface area contributed by atoms with Gasteiger partial charge < -0.3 is 29.7 Å². The van der Waals surface area contributed by atoms with Crippen molar-refractivity contribution in [3.8, 4) is 11.5 Å². The molecule has 0 aliphatic carbocycles. The van der Waals surface area contributed by atoms with Crippen LogP contribution in [0.4, 0.5) is 0 Å². The molecule has 4 heterocycles. The zero-order chi connectivity index (χ0) is 41.5. The number of fused-ring (bicyclic) bond motifs is 3. The van der Waals surface area contributed by atoms with E-state index in [-0.39, 0.29) is 36.3 Å². The number of nitrogens with one attached hydrogen (secondary N) is 2. The molecule has 308 valence electrons. The summed E-state index contributed by atoms with van der Waals surface area (Å²) in [6.45, 7) is 2.27. The molecule has 14 nitrogen and oxygen atoms in total. The Balaban J connectivity index is 1.05.